The third-order valence-corrected chi connectivity index (χ3v) is 5.34. The number of ether oxygens (including phenoxy) is 1. The van der Waals surface area contributed by atoms with Gasteiger partial charge < -0.3 is 20.5 Å². The molecule has 0 heterocycles. The maximum absolute atomic E-state index is 13.7. The van der Waals surface area contributed by atoms with Gasteiger partial charge in [0.05, 0.1) is 12.1 Å². The molecule has 0 saturated heterocycles. The molecule has 2 aromatic carbocycles. The molecule has 5 nitrogen and oxygen atoms in total. The second kappa shape index (κ2) is 10.7. The number of aliphatic hydroxyl groups is 1. The fourth-order valence-corrected chi connectivity index (χ4v) is 3.61. The number of aliphatic hydroxyl groups excluding tert-OH is 1. The van der Waals surface area contributed by atoms with Gasteiger partial charge in [-0.05, 0) is 76.4 Å². The van der Waals surface area contributed by atoms with Gasteiger partial charge >= 0.3 is 6.09 Å². The number of amides is 1. The van der Waals surface area contributed by atoms with Crippen LogP contribution in [0.2, 0.25) is 0 Å². The van der Waals surface area contributed by atoms with E-state index >= 15 is 0 Å². The molecule has 0 aliphatic carbocycles. The summed E-state index contributed by atoms with van der Waals surface area (Å²) in [5, 5.41) is 16.8. The third kappa shape index (κ3) is 8.48. The molecule has 0 aliphatic rings. The largest absolute Gasteiger partial charge is 0.444 e. The number of hydrogen-bond donors (Lipinski definition) is 3. The summed E-state index contributed by atoms with van der Waals surface area (Å²) >= 11 is 3.46. The molecule has 0 aromatic heterocycles. The molecule has 176 valence electrons. The second-order valence-electron chi connectivity index (χ2n) is 9.32. The van der Waals surface area contributed by atoms with Crippen LogP contribution in [0.25, 0.3) is 0 Å². The molecule has 2 aromatic rings. The van der Waals surface area contributed by atoms with Gasteiger partial charge in [-0.2, -0.15) is 0 Å². The van der Waals surface area contributed by atoms with Crippen LogP contribution in [0.15, 0.2) is 46.9 Å². The Kier molecular flexibility index (Phi) is 8.79. The molecule has 3 N–H and O–H groups in total. The van der Waals surface area contributed by atoms with Crippen molar-refractivity contribution < 1.29 is 23.4 Å². The molecule has 0 fully saturated rings. The minimum Gasteiger partial charge on any atom is -0.444 e. The molecule has 0 spiro atoms. The lowest BCUT2D eigenvalue weighted by molar-refractivity contribution is 0.0415. The van der Waals surface area contributed by atoms with Crippen LogP contribution in [0.4, 0.5) is 13.6 Å². The molecule has 0 bridgehead atoms. The number of hydrogen-bond acceptors (Lipinski definition) is 4. The van der Waals surface area contributed by atoms with Crippen LogP contribution in [0.5, 0.6) is 0 Å². The molecule has 32 heavy (non-hydrogen) atoms. The quantitative estimate of drug-likeness (QED) is 0.462. The van der Waals surface area contributed by atoms with Gasteiger partial charge in [-0.3, -0.25) is 0 Å². The normalized spacial score (nSPS) is 14.0. The predicted molar refractivity (Wildman–Crippen MR) is 124 cm³/mol. The molecule has 0 unspecified atom stereocenters. The van der Waals surface area contributed by atoms with Gasteiger partial charge in [0.15, 0.2) is 0 Å². The summed E-state index contributed by atoms with van der Waals surface area (Å²) in [5.41, 5.74) is 0.106. The second-order valence-corrected chi connectivity index (χ2v) is 10.2. The number of carbonyl (C=O) groups excluding carboxylic acids is 1. The van der Waals surface area contributed by atoms with E-state index in [0.717, 1.165) is 16.1 Å². The van der Waals surface area contributed by atoms with E-state index < -0.39 is 41.0 Å². The van der Waals surface area contributed by atoms with Crippen molar-refractivity contribution in [2.24, 2.45) is 0 Å². The summed E-state index contributed by atoms with van der Waals surface area (Å²) in [6, 6.07) is 10.1. The fourth-order valence-electron chi connectivity index (χ4n) is 3.21. The lowest BCUT2D eigenvalue weighted by Crippen LogP contribution is -2.52. The van der Waals surface area contributed by atoms with Crippen molar-refractivity contribution in [1.29, 1.82) is 0 Å². The number of rotatable bonds is 8. The van der Waals surface area contributed by atoms with E-state index in [1.165, 1.54) is 12.1 Å². The lowest BCUT2D eigenvalue weighted by Gasteiger charge is -2.32. The molecule has 1 amide bonds. The highest BCUT2D eigenvalue weighted by molar-refractivity contribution is 9.10. The molecule has 0 aliphatic heterocycles. The smallest absolute Gasteiger partial charge is 0.407 e. The summed E-state index contributed by atoms with van der Waals surface area (Å²) in [4.78, 5) is 12.3. The van der Waals surface area contributed by atoms with E-state index in [4.69, 9.17) is 4.74 Å². The van der Waals surface area contributed by atoms with E-state index in [9.17, 15) is 18.7 Å². The Morgan fingerprint density at radius 3 is 2.28 bits per heavy atom. The summed E-state index contributed by atoms with van der Waals surface area (Å²) in [7, 11) is 0. The van der Waals surface area contributed by atoms with E-state index in [1.807, 2.05) is 38.1 Å². The van der Waals surface area contributed by atoms with Crippen molar-refractivity contribution >= 4 is 22.0 Å². The molecule has 0 radical (unpaired) electrons. The number of carbonyl (C=O) groups is 1. The third-order valence-electron chi connectivity index (χ3n) is 4.84. The van der Waals surface area contributed by atoms with Crippen LogP contribution >= 0.6 is 15.9 Å². The molecule has 0 saturated carbocycles. The highest BCUT2D eigenvalue weighted by atomic mass is 79.9. The summed E-state index contributed by atoms with van der Waals surface area (Å²) in [5.74, 6) is -1.45. The van der Waals surface area contributed by atoms with E-state index in [1.54, 1.807) is 20.8 Å². The van der Waals surface area contributed by atoms with Gasteiger partial charge in [-0.15, -0.1) is 0 Å². The van der Waals surface area contributed by atoms with Gasteiger partial charge in [0, 0.05) is 22.6 Å². The van der Waals surface area contributed by atoms with Crippen LogP contribution in [-0.2, 0) is 16.7 Å². The highest BCUT2D eigenvalue weighted by Gasteiger charge is 2.28. The number of halogens is 3. The van der Waals surface area contributed by atoms with Gasteiger partial charge in [0.25, 0.3) is 0 Å². The SMILES string of the molecule is CC(C)(C)OC(=O)N[C@@H](Cc1cc(F)cc(F)c1)[C@H](O)CNC(C)(C)c1cccc(Br)c1. The Labute approximate surface area is 196 Å². The average Bonchev–Trinajstić information content (AvgIpc) is 2.63. The van der Waals surface area contributed by atoms with E-state index in [2.05, 4.69) is 26.6 Å². The van der Waals surface area contributed by atoms with Crippen molar-refractivity contribution in [2.45, 2.75) is 64.3 Å². The molecule has 2 rings (SSSR count). The van der Waals surface area contributed by atoms with Crippen molar-refractivity contribution in [2.75, 3.05) is 6.54 Å². The minimum atomic E-state index is -1.06. The van der Waals surface area contributed by atoms with Crippen LogP contribution < -0.4 is 10.6 Å². The van der Waals surface area contributed by atoms with Crippen LogP contribution in [-0.4, -0.2) is 35.5 Å². The van der Waals surface area contributed by atoms with Crippen LogP contribution in [0.1, 0.15) is 45.7 Å². The molecular formula is C24H31BrF2N2O3. The Balaban J connectivity index is 2.16. The van der Waals surface area contributed by atoms with Gasteiger partial charge in [0.2, 0.25) is 0 Å². The van der Waals surface area contributed by atoms with Crippen molar-refractivity contribution in [1.82, 2.24) is 10.6 Å². The Morgan fingerprint density at radius 1 is 1.09 bits per heavy atom. The Morgan fingerprint density at radius 2 is 1.72 bits per heavy atom. The highest BCUT2D eigenvalue weighted by Crippen LogP contribution is 2.23. The maximum Gasteiger partial charge on any atom is 0.407 e. The molecule has 8 heteroatoms. The van der Waals surface area contributed by atoms with Gasteiger partial charge in [0.1, 0.15) is 17.2 Å². The monoisotopic (exact) mass is 512 g/mol. The van der Waals surface area contributed by atoms with Crippen molar-refractivity contribution in [3.8, 4) is 0 Å². The number of alkyl carbamates (subject to hydrolysis) is 1. The zero-order valence-electron chi connectivity index (χ0n) is 19.0. The standard InChI is InChI=1S/C24H31BrF2N2O3/c1-23(2,3)32-22(31)29-20(11-15-9-18(26)13-19(27)10-15)21(30)14-28-24(4,5)16-7-6-8-17(25)12-16/h6-10,12-13,20-21,28,30H,11,14H2,1-5H3,(H,29,31)/t20-,21+/m0/s1. The van der Waals surface area contributed by atoms with Crippen LogP contribution in [0.3, 0.4) is 0 Å². The Bertz CT molecular complexity index is 911. The summed E-state index contributed by atoms with van der Waals surface area (Å²) in [6.07, 6.45) is -1.75. The zero-order valence-corrected chi connectivity index (χ0v) is 20.6. The zero-order chi connectivity index (χ0) is 24.1. The maximum atomic E-state index is 13.7. The minimum absolute atomic E-state index is 0.0219. The van der Waals surface area contributed by atoms with Crippen molar-refractivity contribution in [3.63, 3.8) is 0 Å². The predicted octanol–water partition coefficient (Wildman–Crippen LogP) is 5.05. The topological polar surface area (TPSA) is 70.6 Å². The van der Waals surface area contributed by atoms with E-state index in [-0.39, 0.29) is 13.0 Å². The molecular weight excluding hydrogens is 482 g/mol. The van der Waals surface area contributed by atoms with Crippen LogP contribution in [0, 0.1) is 11.6 Å². The first kappa shape index (κ1) is 26.2. The van der Waals surface area contributed by atoms with Gasteiger partial charge in [-0.25, -0.2) is 13.6 Å². The average molecular weight is 513 g/mol. The lowest BCUT2D eigenvalue weighted by atomic mass is 9.93. The number of nitrogens with one attached hydrogen (secondary N) is 2. The fraction of sp³-hybridized carbons (Fsp3) is 0.458. The first-order chi connectivity index (χ1) is 14.7. The van der Waals surface area contributed by atoms with Crippen molar-refractivity contribution in [3.05, 3.63) is 69.7 Å². The summed E-state index contributed by atoms with van der Waals surface area (Å²) in [6.45, 7) is 9.24. The number of benzene rings is 2. The first-order valence-electron chi connectivity index (χ1n) is 10.4. The molecule has 2 atom stereocenters. The van der Waals surface area contributed by atoms with Gasteiger partial charge in [-0.1, -0.05) is 28.1 Å². The summed E-state index contributed by atoms with van der Waals surface area (Å²) < 4.78 is 33.5. The first-order valence-corrected chi connectivity index (χ1v) is 11.2. The van der Waals surface area contributed by atoms with E-state index in [0.29, 0.717) is 5.56 Å². The Hall–Kier alpha value is -2.03.